The first-order chi connectivity index (χ1) is 7.41. The summed E-state index contributed by atoms with van der Waals surface area (Å²) in [5, 5.41) is 11.7. The Bertz CT molecular complexity index is 346. The van der Waals surface area contributed by atoms with E-state index >= 15 is 0 Å². The lowest BCUT2D eigenvalue weighted by molar-refractivity contribution is 0.190. The van der Waals surface area contributed by atoms with Gasteiger partial charge in [0, 0.05) is 11.8 Å². The molecule has 3 heteroatoms. The maximum absolute atomic E-state index is 7.47. The Morgan fingerprint density at radius 3 is 2.62 bits per heavy atom. The van der Waals surface area contributed by atoms with Gasteiger partial charge < -0.3 is 4.84 Å². The Hall–Kier alpha value is -0.860. The van der Waals surface area contributed by atoms with Gasteiger partial charge >= 0.3 is 0 Å². The molecule has 2 unspecified atom stereocenters. The minimum atomic E-state index is 0.186. The van der Waals surface area contributed by atoms with Crippen molar-refractivity contribution in [2.45, 2.75) is 53.4 Å². The fourth-order valence-electron chi connectivity index (χ4n) is 3.24. The molecule has 90 valence electrons. The smallest absolute Gasteiger partial charge is 0.217 e. The van der Waals surface area contributed by atoms with Crippen LogP contribution in [0.5, 0.6) is 0 Å². The first-order valence-electron chi connectivity index (χ1n) is 6.23. The van der Waals surface area contributed by atoms with Crippen LogP contribution in [0, 0.1) is 22.2 Å². The van der Waals surface area contributed by atoms with Gasteiger partial charge in [-0.3, -0.25) is 5.41 Å². The fourth-order valence-corrected chi connectivity index (χ4v) is 3.24. The maximum Gasteiger partial charge on any atom is 0.217 e. The number of nitrogens with one attached hydrogen (secondary N) is 1. The molecule has 0 saturated heterocycles. The molecule has 2 atom stereocenters. The fraction of sp³-hybridized carbons (Fsp3) is 0.846. The van der Waals surface area contributed by atoms with Gasteiger partial charge in [0.25, 0.3) is 0 Å². The third-order valence-corrected chi connectivity index (χ3v) is 5.10. The zero-order chi connectivity index (χ0) is 12.0. The monoisotopic (exact) mass is 222 g/mol. The molecule has 2 aliphatic carbocycles. The van der Waals surface area contributed by atoms with Crippen LogP contribution >= 0.6 is 0 Å². The average molecular weight is 222 g/mol. The SMILES string of the molecule is CCC(=N)O/N=C1/CC2CCC1(C)C2(C)C. The van der Waals surface area contributed by atoms with Crippen LogP contribution in [-0.4, -0.2) is 11.6 Å². The van der Waals surface area contributed by atoms with E-state index in [1.165, 1.54) is 18.6 Å². The van der Waals surface area contributed by atoms with E-state index < -0.39 is 0 Å². The Balaban J connectivity index is 2.18. The van der Waals surface area contributed by atoms with Crippen LogP contribution in [0.1, 0.15) is 53.4 Å². The normalized spacial score (nSPS) is 38.0. The zero-order valence-corrected chi connectivity index (χ0v) is 10.8. The van der Waals surface area contributed by atoms with Crippen molar-refractivity contribution in [2.75, 3.05) is 0 Å². The highest BCUT2D eigenvalue weighted by atomic mass is 16.6. The summed E-state index contributed by atoms with van der Waals surface area (Å²) in [6.07, 6.45) is 4.20. The van der Waals surface area contributed by atoms with Gasteiger partial charge in [0.2, 0.25) is 5.90 Å². The summed E-state index contributed by atoms with van der Waals surface area (Å²) in [5.74, 6) is 1.01. The largest absolute Gasteiger partial charge is 0.342 e. The molecule has 2 aliphatic rings. The summed E-state index contributed by atoms with van der Waals surface area (Å²) in [7, 11) is 0. The molecule has 0 aliphatic heterocycles. The Kier molecular flexibility index (Phi) is 2.59. The van der Waals surface area contributed by atoms with Gasteiger partial charge in [0.1, 0.15) is 0 Å². The van der Waals surface area contributed by atoms with E-state index in [0.29, 0.717) is 11.8 Å². The average Bonchev–Trinajstić information content (AvgIpc) is 2.58. The number of fused-ring (bicyclic) bond motifs is 2. The van der Waals surface area contributed by atoms with Gasteiger partial charge in [-0.15, -0.1) is 0 Å². The van der Waals surface area contributed by atoms with E-state index in [1.807, 2.05) is 6.92 Å². The summed E-state index contributed by atoms with van der Waals surface area (Å²) >= 11 is 0. The lowest BCUT2D eigenvalue weighted by Gasteiger charge is -2.34. The number of rotatable bonds is 2. The molecule has 2 saturated carbocycles. The quantitative estimate of drug-likeness (QED) is 0.433. The molecule has 1 N–H and O–H groups in total. The summed E-state index contributed by atoms with van der Waals surface area (Å²) < 4.78 is 0. The number of hydrogen-bond donors (Lipinski definition) is 1. The van der Waals surface area contributed by atoms with Crippen LogP contribution in [0.2, 0.25) is 0 Å². The van der Waals surface area contributed by atoms with Gasteiger partial charge in [0.05, 0.1) is 5.71 Å². The minimum absolute atomic E-state index is 0.186. The van der Waals surface area contributed by atoms with Crippen molar-refractivity contribution in [1.82, 2.24) is 0 Å². The third-order valence-electron chi connectivity index (χ3n) is 5.10. The van der Waals surface area contributed by atoms with Crippen LogP contribution < -0.4 is 0 Å². The summed E-state index contributed by atoms with van der Waals surface area (Å²) in [4.78, 5) is 5.16. The van der Waals surface area contributed by atoms with E-state index in [4.69, 9.17) is 10.2 Å². The summed E-state index contributed by atoms with van der Waals surface area (Å²) in [5.41, 5.74) is 1.70. The van der Waals surface area contributed by atoms with Crippen molar-refractivity contribution >= 4 is 11.6 Å². The molecule has 2 fully saturated rings. The number of nitrogens with zero attached hydrogens (tertiary/aromatic N) is 1. The molecule has 16 heavy (non-hydrogen) atoms. The van der Waals surface area contributed by atoms with E-state index in [2.05, 4.69) is 25.9 Å². The second kappa shape index (κ2) is 3.57. The highest BCUT2D eigenvalue weighted by Gasteiger charge is 2.60. The lowest BCUT2D eigenvalue weighted by atomic mass is 9.70. The molecule has 0 aromatic rings. The second-order valence-corrected chi connectivity index (χ2v) is 5.90. The van der Waals surface area contributed by atoms with Crippen LogP contribution in [0.15, 0.2) is 5.16 Å². The van der Waals surface area contributed by atoms with Gasteiger partial charge in [-0.1, -0.05) is 32.9 Å². The van der Waals surface area contributed by atoms with Crippen molar-refractivity contribution in [1.29, 1.82) is 5.41 Å². The van der Waals surface area contributed by atoms with Crippen LogP contribution in [0.3, 0.4) is 0 Å². The van der Waals surface area contributed by atoms with Crippen molar-refractivity contribution in [3.05, 3.63) is 0 Å². The minimum Gasteiger partial charge on any atom is -0.342 e. The van der Waals surface area contributed by atoms with Crippen molar-refractivity contribution < 1.29 is 4.84 Å². The Morgan fingerprint density at radius 2 is 2.19 bits per heavy atom. The van der Waals surface area contributed by atoms with Gasteiger partial charge in [-0.25, -0.2) is 0 Å². The van der Waals surface area contributed by atoms with E-state index in [0.717, 1.165) is 12.3 Å². The van der Waals surface area contributed by atoms with Crippen LogP contribution in [-0.2, 0) is 4.84 Å². The molecule has 0 amide bonds. The second-order valence-electron chi connectivity index (χ2n) is 5.90. The van der Waals surface area contributed by atoms with E-state index in [9.17, 15) is 0 Å². The van der Waals surface area contributed by atoms with Gasteiger partial charge in [0.15, 0.2) is 0 Å². The molecule has 2 rings (SSSR count). The molecule has 0 radical (unpaired) electrons. The van der Waals surface area contributed by atoms with Gasteiger partial charge in [-0.05, 0) is 30.6 Å². The topological polar surface area (TPSA) is 45.4 Å². The third kappa shape index (κ3) is 1.40. The Morgan fingerprint density at radius 1 is 1.50 bits per heavy atom. The highest BCUT2D eigenvalue weighted by molar-refractivity contribution is 5.94. The standard InChI is InChI=1S/C13H22N2O/c1-5-11(14)16-15-10-8-9-6-7-13(10,4)12(9,2)3/h9,14H,5-8H2,1-4H3/b14-11?,15-10-. The predicted octanol–water partition coefficient (Wildman–Crippen LogP) is 3.59. The van der Waals surface area contributed by atoms with Crippen molar-refractivity contribution in [3.8, 4) is 0 Å². The van der Waals surface area contributed by atoms with E-state index in [1.54, 1.807) is 0 Å². The number of hydrogen-bond acceptors (Lipinski definition) is 3. The molecular weight excluding hydrogens is 200 g/mol. The zero-order valence-electron chi connectivity index (χ0n) is 10.8. The predicted molar refractivity (Wildman–Crippen MR) is 65.8 cm³/mol. The van der Waals surface area contributed by atoms with Crippen LogP contribution in [0.25, 0.3) is 0 Å². The molecule has 0 spiro atoms. The van der Waals surface area contributed by atoms with Crippen molar-refractivity contribution in [3.63, 3.8) is 0 Å². The van der Waals surface area contributed by atoms with Gasteiger partial charge in [-0.2, -0.15) is 0 Å². The first kappa shape index (κ1) is 11.6. The first-order valence-corrected chi connectivity index (χ1v) is 6.23. The molecule has 0 aromatic heterocycles. The maximum atomic E-state index is 7.47. The lowest BCUT2D eigenvalue weighted by Crippen LogP contribution is -2.32. The summed E-state index contributed by atoms with van der Waals surface area (Å²) in [6, 6.07) is 0. The highest BCUT2D eigenvalue weighted by Crippen LogP contribution is 2.63. The molecule has 0 heterocycles. The van der Waals surface area contributed by atoms with E-state index in [-0.39, 0.29) is 11.3 Å². The molecule has 0 aromatic carbocycles. The molecule has 2 bridgehead atoms. The van der Waals surface area contributed by atoms with Crippen molar-refractivity contribution in [2.24, 2.45) is 21.9 Å². The molecular formula is C13H22N2O. The number of oxime groups is 1. The Labute approximate surface area is 97.8 Å². The van der Waals surface area contributed by atoms with Crippen LogP contribution in [0.4, 0.5) is 0 Å². The molecule has 3 nitrogen and oxygen atoms in total. The summed E-state index contributed by atoms with van der Waals surface area (Å²) in [6.45, 7) is 8.91.